The molecule has 0 bridgehead atoms. The highest BCUT2D eigenvalue weighted by Crippen LogP contribution is 2.21. The Morgan fingerprint density at radius 1 is 1.33 bits per heavy atom. The van der Waals surface area contributed by atoms with Gasteiger partial charge in [-0.05, 0) is 12.5 Å². The Morgan fingerprint density at radius 2 is 2.00 bits per heavy atom. The van der Waals surface area contributed by atoms with Gasteiger partial charge in [-0.2, -0.15) is 0 Å². The van der Waals surface area contributed by atoms with Gasteiger partial charge in [-0.15, -0.1) is 0 Å². The second kappa shape index (κ2) is 3.42. The first-order valence-electron chi connectivity index (χ1n) is 5.03. The SMILES string of the molecule is CCc1c(N)c2ccccc2n(C)c1=O. The lowest BCUT2D eigenvalue weighted by atomic mass is 10.1. The smallest absolute Gasteiger partial charge is 0.256 e. The van der Waals surface area contributed by atoms with Gasteiger partial charge in [0, 0.05) is 23.7 Å². The maximum absolute atomic E-state index is 11.9. The van der Waals surface area contributed by atoms with Crippen LogP contribution in [-0.4, -0.2) is 4.57 Å². The van der Waals surface area contributed by atoms with Crippen molar-refractivity contribution >= 4 is 16.6 Å². The number of nitrogens with zero attached hydrogens (tertiary/aromatic N) is 1. The van der Waals surface area contributed by atoms with Gasteiger partial charge in [0.15, 0.2) is 0 Å². The molecule has 0 fully saturated rings. The maximum Gasteiger partial charge on any atom is 0.256 e. The summed E-state index contributed by atoms with van der Waals surface area (Å²) in [7, 11) is 1.78. The van der Waals surface area contributed by atoms with Crippen LogP contribution in [0.1, 0.15) is 12.5 Å². The van der Waals surface area contributed by atoms with E-state index in [0.717, 1.165) is 10.9 Å². The molecule has 0 aliphatic rings. The number of benzene rings is 1. The number of nitrogens with two attached hydrogens (primary N) is 1. The van der Waals surface area contributed by atoms with Crippen LogP contribution in [0.15, 0.2) is 29.1 Å². The van der Waals surface area contributed by atoms with Crippen LogP contribution in [0.25, 0.3) is 10.9 Å². The van der Waals surface area contributed by atoms with Crippen molar-refractivity contribution in [3.05, 3.63) is 40.2 Å². The Balaban J connectivity index is 3.03. The van der Waals surface area contributed by atoms with E-state index in [1.807, 2.05) is 31.2 Å². The van der Waals surface area contributed by atoms with Crippen molar-refractivity contribution in [2.45, 2.75) is 13.3 Å². The Labute approximate surface area is 88.1 Å². The van der Waals surface area contributed by atoms with E-state index in [2.05, 4.69) is 0 Å². The van der Waals surface area contributed by atoms with E-state index < -0.39 is 0 Å². The summed E-state index contributed by atoms with van der Waals surface area (Å²) in [5.74, 6) is 0. The van der Waals surface area contributed by atoms with Crippen molar-refractivity contribution in [1.29, 1.82) is 0 Å². The minimum absolute atomic E-state index is 0.00806. The molecule has 0 aliphatic carbocycles. The average molecular weight is 202 g/mol. The molecule has 78 valence electrons. The van der Waals surface area contributed by atoms with E-state index in [4.69, 9.17) is 5.73 Å². The second-order valence-corrected chi connectivity index (χ2v) is 3.63. The molecule has 0 saturated heterocycles. The van der Waals surface area contributed by atoms with Gasteiger partial charge in [-0.25, -0.2) is 0 Å². The topological polar surface area (TPSA) is 48.0 Å². The molecule has 0 atom stereocenters. The first-order valence-corrected chi connectivity index (χ1v) is 5.03. The number of para-hydroxylation sites is 1. The van der Waals surface area contributed by atoms with Crippen LogP contribution in [-0.2, 0) is 13.5 Å². The molecule has 3 heteroatoms. The lowest BCUT2D eigenvalue weighted by Gasteiger charge is -2.11. The number of pyridine rings is 1. The highest BCUT2D eigenvalue weighted by Gasteiger charge is 2.10. The highest BCUT2D eigenvalue weighted by atomic mass is 16.1. The Bertz CT molecular complexity index is 570. The summed E-state index contributed by atoms with van der Waals surface area (Å²) in [5.41, 5.74) is 8.21. The average Bonchev–Trinajstić information content (AvgIpc) is 2.27. The van der Waals surface area contributed by atoms with Crippen molar-refractivity contribution in [3.8, 4) is 0 Å². The van der Waals surface area contributed by atoms with E-state index in [1.165, 1.54) is 0 Å². The standard InChI is InChI=1S/C12H14N2O/c1-3-8-11(13)9-6-4-5-7-10(9)14(2)12(8)15/h4-7H,3,13H2,1-2H3. The number of nitrogen functional groups attached to an aromatic ring is 1. The van der Waals surface area contributed by atoms with Crippen molar-refractivity contribution in [2.75, 3.05) is 5.73 Å². The largest absolute Gasteiger partial charge is 0.398 e. The number of rotatable bonds is 1. The lowest BCUT2D eigenvalue weighted by Crippen LogP contribution is -2.22. The fourth-order valence-corrected chi connectivity index (χ4v) is 1.93. The molecule has 0 unspecified atom stereocenters. The normalized spacial score (nSPS) is 10.8. The van der Waals surface area contributed by atoms with Crippen molar-refractivity contribution in [2.24, 2.45) is 7.05 Å². The molecule has 2 N–H and O–H groups in total. The molecule has 0 aliphatic heterocycles. The maximum atomic E-state index is 11.9. The quantitative estimate of drug-likeness (QED) is 0.764. The van der Waals surface area contributed by atoms with Crippen LogP contribution in [0.2, 0.25) is 0 Å². The van der Waals surface area contributed by atoms with Gasteiger partial charge in [0.1, 0.15) is 0 Å². The minimum Gasteiger partial charge on any atom is -0.398 e. The number of aryl methyl sites for hydroxylation is 1. The van der Waals surface area contributed by atoms with Crippen LogP contribution >= 0.6 is 0 Å². The fourth-order valence-electron chi connectivity index (χ4n) is 1.93. The Hall–Kier alpha value is -1.77. The summed E-state index contributed by atoms with van der Waals surface area (Å²) in [4.78, 5) is 11.9. The van der Waals surface area contributed by atoms with Crippen LogP contribution in [0.3, 0.4) is 0 Å². The van der Waals surface area contributed by atoms with E-state index in [9.17, 15) is 4.79 Å². The first-order chi connectivity index (χ1) is 7.16. The monoisotopic (exact) mass is 202 g/mol. The van der Waals surface area contributed by atoms with Crippen LogP contribution in [0.4, 0.5) is 5.69 Å². The molecule has 0 spiro atoms. The Morgan fingerprint density at radius 3 is 2.67 bits per heavy atom. The zero-order chi connectivity index (χ0) is 11.0. The van der Waals surface area contributed by atoms with Crippen LogP contribution in [0.5, 0.6) is 0 Å². The van der Waals surface area contributed by atoms with Gasteiger partial charge >= 0.3 is 0 Å². The van der Waals surface area contributed by atoms with Crippen molar-refractivity contribution in [3.63, 3.8) is 0 Å². The van der Waals surface area contributed by atoms with Gasteiger partial charge < -0.3 is 10.3 Å². The summed E-state index contributed by atoms with van der Waals surface area (Å²) >= 11 is 0. The molecular formula is C12H14N2O. The molecule has 3 nitrogen and oxygen atoms in total. The molecule has 2 aromatic rings. The molecule has 0 amide bonds. The zero-order valence-electron chi connectivity index (χ0n) is 8.95. The van der Waals surface area contributed by atoms with E-state index >= 15 is 0 Å². The highest BCUT2D eigenvalue weighted by molar-refractivity contribution is 5.91. The van der Waals surface area contributed by atoms with Gasteiger partial charge in [0.25, 0.3) is 5.56 Å². The van der Waals surface area contributed by atoms with Gasteiger partial charge in [-0.3, -0.25) is 4.79 Å². The second-order valence-electron chi connectivity index (χ2n) is 3.63. The number of fused-ring (bicyclic) bond motifs is 1. The summed E-state index contributed by atoms with van der Waals surface area (Å²) in [6.45, 7) is 1.95. The summed E-state index contributed by atoms with van der Waals surface area (Å²) in [5, 5.41) is 0.955. The van der Waals surface area contributed by atoms with Crippen LogP contribution < -0.4 is 11.3 Å². The third kappa shape index (κ3) is 1.31. The molecule has 1 heterocycles. The van der Waals surface area contributed by atoms with Gasteiger partial charge in [0.2, 0.25) is 0 Å². The number of aromatic nitrogens is 1. The number of hydrogen-bond acceptors (Lipinski definition) is 2. The molecular weight excluding hydrogens is 188 g/mol. The number of anilines is 1. The predicted molar refractivity (Wildman–Crippen MR) is 63.0 cm³/mol. The molecule has 1 aromatic carbocycles. The molecule has 0 saturated carbocycles. The van der Waals surface area contributed by atoms with Crippen LogP contribution in [0, 0.1) is 0 Å². The molecule has 15 heavy (non-hydrogen) atoms. The van der Waals surface area contributed by atoms with Crippen molar-refractivity contribution < 1.29 is 0 Å². The van der Waals surface area contributed by atoms with Crippen molar-refractivity contribution in [1.82, 2.24) is 4.57 Å². The predicted octanol–water partition coefficient (Wildman–Crippen LogP) is 1.68. The van der Waals surface area contributed by atoms with E-state index in [1.54, 1.807) is 11.6 Å². The van der Waals surface area contributed by atoms with Gasteiger partial charge in [0.05, 0.1) is 5.52 Å². The Kier molecular flexibility index (Phi) is 2.23. The summed E-state index contributed by atoms with van der Waals surface area (Å²) in [6, 6.07) is 7.70. The molecule has 0 radical (unpaired) electrons. The fraction of sp³-hybridized carbons (Fsp3) is 0.250. The van der Waals surface area contributed by atoms with E-state index in [-0.39, 0.29) is 5.56 Å². The third-order valence-corrected chi connectivity index (χ3v) is 2.80. The molecule has 2 rings (SSSR count). The first kappa shape index (κ1) is 9.77. The number of hydrogen-bond donors (Lipinski definition) is 1. The molecule has 1 aromatic heterocycles. The van der Waals surface area contributed by atoms with Gasteiger partial charge in [-0.1, -0.05) is 25.1 Å². The summed E-state index contributed by atoms with van der Waals surface area (Å²) < 4.78 is 1.66. The minimum atomic E-state index is 0.00806. The third-order valence-electron chi connectivity index (χ3n) is 2.80. The zero-order valence-corrected chi connectivity index (χ0v) is 8.95. The summed E-state index contributed by atoms with van der Waals surface area (Å²) in [6.07, 6.45) is 0.670. The lowest BCUT2D eigenvalue weighted by molar-refractivity contribution is 0.878. The van der Waals surface area contributed by atoms with E-state index in [0.29, 0.717) is 17.7 Å².